The Morgan fingerprint density at radius 1 is 1.31 bits per heavy atom. The van der Waals surface area contributed by atoms with Gasteiger partial charge in [-0.3, -0.25) is 0 Å². The van der Waals surface area contributed by atoms with Gasteiger partial charge in [-0.05, 0) is 5.56 Å². The van der Waals surface area contributed by atoms with Crippen LogP contribution in [0.2, 0.25) is 0 Å². The number of nitrogens with zero attached hydrogens (tertiary/aromatic N) is 1. The van der Waals surface area contributed by atoms with Gasteiger partial charge >= 0.3 is 6.18 Å². The number of pyridine rings is 1. The zero-order valence-corrected chi connectivity index (χ0v) is 7.65. The summed E-state index contributed by atoms with van der Waals surface area (Å²) in [6.07, 6.45) is -8.19. The van der Waals surface area contributed by atoms with Gasteiger partial charge < -0.3 is 5.73 Å². The molecule has 0 aliphatic carbocycles. The summed E-state index contributed by atoms with van der Waals surface area (Å²) >= 11 is 0. The highest BCUT2D eigenvalue weighted by molar-refractivity contribution is 5.36. The molecule has 1 aromatic heterocycles. The molecule has 1 aromatic rings. The van der Waals surface area contributed by atoms with Crippen LogP contribution in [0.4, 0.5) is 26.3 Å². The van der Waals surface area contributed by atoms with Crippen LogP contribution in [0.15, 0.2) is 6.20 Å². The smallest absolute Gasteiger partial charge is 0.326 e. The zero-order valence-electron chi connectivity index (χ0n) is 7.65. The number of hydrogen-bond donors (Lipinski definition) is 1. The maximum absolute atomic E-state index is 12.8. The highest BCUT2D eigenvalue weighted by Gasteiger charge is 2.40. The molecule has 0 spiro atoms. The molecule has 0 radical (unpaired) electrons. The highest BCUT2D eigenvalue weighted by atomic mass is 19.4. The molecule has 2 nitrogen and oxygen atoms in total. The van der Waals surface area contributed by atoms with Crippen molar-refractivity contribution in [1.29, 1.82) is 0 Å². The van der Waals surface area contributed by atoms with Gasteiger partial charge in [-0.2, -0.15) is 17.6 Å². The molecule has 2 N–H and O–H groups in total. The van der Waals surface area contributed by atoms with E-state index in [0.717, 1.165) is 0 Å². The summed E-state index contributed by atoms with van der Waals surface area (Å²) in [7, 11) is 0. The first-order valence-corrected chi connectivity index (χ1v) is 4.01. The summed E-state index contributed by atoms with van der Waals surface area (Å²) < 4.78 is 74.8. The summed E-state index contributed by atoms with van der Waals surface area (Å²) in [6.45, 7) is -0.651. The molecule has 0 bridgehead atoms. The van der Waals surface area contributed by atoms with Crippen LogP contribution in [0, 0.1) is 5.95 Å². The summed E-state index contributed by atoms with van der Waals surface area (Å²) in [4.78, 5) is 2.82. The third kappa shape index (κ3) is 2.26. The van der Waals surface area contributed by atoms with Crippen LogP contribution in [0.3, 0.4) is 0 Å². The number of alkyl halides is 5. The normalized spacial score (nSPS) is 12.2. The monoisotopic (exact) mass is 244 g/mol. The van der Waals surface area contributed by atoms with Gasteiger partial charge in [0.1, 0.15) is 0 Å². The molecule has 0 amide bonds. The molecule has 0 fully saturated rings. The molecule has 8 heteroatoms. The molecule has 16 heavy (non-hydrogen) atoms. The van der Waals surface area contributed by atoms with Gasteiger partial charge in [-0.15, -0.1) is 0 Å². The molecule has 0 saturated carbocycles. The average Bonchev–Trinajstić information content (AvgIpc) is 2.15. The fourth-order valence-electron chi connectivity index (χ4n) is 1.23. The quantitative estimate of drug-likeness (QED) is 0.641. The summed E-state index contributed by atoms with van der Waals surface area (Å²) in [5, 5.41) is 0. The topological polar surface area (TPSA) is 38.9 Å². The van der Waals surface area contributed by atoms with E-state index in [1.807, 2.05) is 0 Å². The standard InChI is InChI=1S/C8H6F6N2/c9-6(10)4-5(8(12,13)14)3(1-15)2-16-7(4)11/h2,6H,1,15H2. The lowest BCUT2D eigenvalue weighted by atomic mass is 10.0. The van der Waals surface area contributed by atoms with Crippen molar-refractivity contribution in [2.45, 2.75) is 19.1 Å². The summed E-state index contributed by atoms with van der Waals surface area (Å²) in [6, 6.07) is 0. The zero-order chi connectivity index (χ0) is 12.5. The van der Waals surface area contributed by atoms with Gasteiger partial charge in [0.2, 0.25) is 5.95 Å². The van der Waals surface area contributed by atoms with Crippen molar-refractivity contribution in [3.05, 3.63) is 28.8 Å². The van der Waals surface area contributed by atoms with Crippen LogP contribution in [0.25, 0.3) is 0 Å². The molecule has 0 aliphatic heterocycles. The second-order valence-corrected chi connectivity index (χ2v) is 2.87. The lowest BCUT2D eigenvalue weighted by Gasteiger charge is -2.16. The van der Waals surface area contributed by atoms with E-state index in [9.17, 15) is 26.3 Å². The molecule has 0 atom stereocenters. The highest BCUT2D eigenvalue weighted by Crippen LogP contribution is 2.39. The van der Waals surface area contributed by atoms with E-state index < -0.39 is 41.8 Å². The molecular weight excluding hydrogens is 238 g/mol. The van der Waals surface area contributed by atoms with Crippen LogP contribution < -0.4 is 5.73 Å². The predicted octanol–water partition coefficient (Wildman–Crippen LogP) is 2.64. The molecule has 0 aliphatic rings. The Hall–Kier alpha value is -1.31. The summed E-state index contributed by atoms with van der Waals surface area (Å²) in [5.41, 5.74) is 0.804. The first-order chi connectivity index (χ1) is 7.29. The van der Waals surface area contributed by atoms with Gasteiger partial charge in [0, 0.05) is 12.7 Å². The minimum atomic E-state index is -5.09. The Morgan fingerprint density at radius 3 is 2.25 bits per heavy atom. The molecular formula is C8H6F6N2. The number of nitrogens with two attached hydrogens (primary N) is 1. The van der Waals surface area contributed by atoms with Gasteiger partial charge in [0.05, 0.1) is 11.1 Å². The second-order valence-electron chi connectivity index (χ2n) is 2.87. The lowest BCUT2D eigenvalue weighted by molar-refractivity contribution is -0.140. The van der Waals surface area contributed by atoms with E-state index in [1.165, 1.54) is 0 Å². The van der Waals surface area contributed by atoms with Crippen LogP contribution in [0.1, 0.15) is 23.1 Å². The minimum Gasteiger partial charge on any atom is -0.326 e. The Kier molecular flexibility index (Phi) is 3.41. The number of aromatic nitrogens is 1. The van der Waals surface area contributed by atoms with E-state index in [4.69, 9.17) is 5.73 Å². The molecule has 90 valence electrons. The Morgan fingerprint density at radius 2 is 1.88 bits per heavy atom. The van der Waals surface area contributed by atoms with E-state index >= 15 is 0 Å². The Labute approximate surface area is 86.1 Å². The third-order valence-corrected chi connectivity index (χ3v) is 1.87. The van der Waals surface area contributed by atoms with Gasteiger partial charge in [0.25, 0.3) is 6.43 Å². The van der Waals surface area contributed by atoms with Crippen LogP contribution >= 0.6 is 0 Å². The molecule has 0 aromatic carbocycles. The van der Waals surface area contributed by atoms with Crippen molar-refractivity contribution in [1.82, 2.24) is 4.98 Å². The first-order valence-electron chi connectivity index (χ1n) is 4.01. The number of rotatable bonds is 2. The molecule has 1 heterocycles. The van der Waals surface area contributed by atoms with Crippen molar-refractivity contribution in [3.63, 3.8) is 0 Å². The van der Waals surface area contributed by atoms with Gasteiger partial charge in [-0.1, -0.05) is 0 Å². The lowest BCUT2D eigenvalue weighted by Crippen LogP contribution is -2.18. The van der Waals surface area contributed by atoms with E-state index in [0.29, 0.717) is 6.20 Å². The van der Waals surface area contributed by atoms with Crippen LogP contribution in [0.5, 0.6) is 0 Å². The summed E-state index contributed by atoms with van der Waals surface area (Å²) in [5.74, 6) is -1.83. The Bertz CT molecular complexity index is 387. The van der Waals surface area contributed by atoms with Gasteiger partial charge in [0.15, 0.2) is 0 Å². The maximum atomic E-state index is 12.8. The number of halogens is 6. The SMILES string of the molecule is NCc1cnc(F)c(C(F)F)c1C(F)(F)F. The first kappa shape index (κ1) is 12.8. The van der Waals surface area contributed by atoms with Crippen molar-refractivity contribution in [2.24, 2.45) is 5.73 Å². The largest absolute Gasteiger partial charge is 0.417 e. The van der Waals surface area contributed by atoms with E-state index in [-0.39, 0.29) is 0 Å². The fourth-order valence-corrected chi connectivity index (χ4v) is 1.23. The van der Waals surface area contributed by atoms with Crippen molar-refractivity contribution in [2.75, 3.05) is 0 Å². The molecule has 0 unspecified atom stereocenters. The van der Waals surface area contributed by atoms with Crippen molar-refractivity contribution >= 4 is 0 Å². The maximum Gasteiger partial charge on any atom is 0.417 e. The van der Waals surface area contributed by atoms with Crippen molar-refractivity contribution < 1.29 is 26.3 Å². The average molecular weight is 244 g/mol. The number of hydrogen-bond acceptors (Lipinski definition) is 2. The van der Waals surface area contributed by atoms with Crippen molar-refractivity contribution in [3.8, 4) is 0 Å². The van der Waals surface area contributed by atoms with E-state index in [2.05, 4.69) is 4.98 Å². The van der Waals surface area contributed by atoms with Crippen LogP contribution in [-0.2, 0) is 12.7 Å². The molecule has 0 saturated heterocycles. The fraction of sp³-hybridized carbons (Fsp3) is 0.375. The third-order valence-electron chi connectivity index (χ3n) is 1.87. The van der Waals surface area contributed by atoms with E-state index in [1.54, 1.807) is 0 Å². The Balaban J connectivity index is 3.56. The van der Waals surface area contributed by atoms with Gasteiger partial charge in [-0.25, -0.2) is 13.8 Å². The minimum absolute atomic E-state index is 0.504. The second kappa shape index (κ2) is 4.28. The predicted molar refractivity (Wildman–Crippen MR) is 42.0 cm³/mol. The van der Waals surface area contributed by atoms with Crippen LogP contribution in [-0.4, -0.2) is 4.98 Å². The molecule has 1 rings (SSSR count).